The highest BCUT2D eigenvalue weighted by Gasteiger charge is 2.10. The lowest BCUT2D eigenvalue weighted by molar-refractivity contribution is 0.317. The number of thiophene rings is 1. The topological polar surface area (TPSA) is 50.5 Å². The van der Waals surface area contributed by atoms with Crippen molar-refractivity contribution in [2.24, 2.45) is 0 Å². The first-order valence-electron chi connectivity index (χ1n) is 6.18. The van der Waals surface area contributed by atoms with Gasteiger partial charge in [0.2, 0.25) is 4.96 Å². The summed E-state index contributed by atoms with van der Waals surface area (Å²) in [5.41, 5.74) is 1.91. The molecule has 3 aromatic heterocycles. The molecule has 7 heteroatoms. The van der Waals surface area contributed by atoms with Gasteiger partial charge in [0.05, 0.1) is 6.54 Å². The molecule has 0 fully saturated rings. The molecule has 3 rings (SSSR count). The van der Waals surface area contributed by atoms with Crippen LogP contribution in [0.15, 0.2) is 27.7 Å². The minimum atomic E-state index is -0.115. The summed E-state index contributed by atoms with van der Waals surface area (Å²) in [6, 6.07) is 3.63. The predicted octanol–water partition coefficient (Wildman–Crippen LogP) is 2.15. The summed E-state index contributed by atoms with van der Waals surface area (Å²) in [6.45, 7) is 3.41. The molecule has 0 radical (unpaired) electrons. The molecule has 3 aromatic rings. The number of rotatable bonds is 4. The standard InChI is InChI=1S/C13H14N4OS2/c1-9-5-12(18)17-13(14-9)20-11(15-17)7-16(2)6-10-3-4-19-8-10/h3-5,8H,6-7H2,1-2H3. The summed E-state index contributed by atoms with van der Waals surface area (Å²) in [6.07, 6.45) is 0. The Bertz CT molecular complexity index is 775. The molecule has 0 amide bonds. The quantitative estimate of drug-likeness (QED) is 0.741. The number of aryl methyl sites for hydroxylation is 1. The van der Waals surface area contributed by atoms with Gasteiger partial charge in [0.15, 0.2) is 0 Å². The number of fused-ring (bicyclic) bond motifs is 1. The van der Waals surface area contributed by atoms with E-state index in [0.29, 0.717) is 11.5 Å². The molecule has 0 unspecified atom stereocenters. The predicted molar refractivity (Wildman–Crippen MR) is 81.4 cm³/mol. The third-order valence-electron chi connectivity index (χ3n) is 2.85. The lowest BCUT2D eigenvalue weighted by atomic mass is 10.3. The lowest BCUT2D eigenvalue weighted by Gasteiger charge is -2.13. The van der Waals surface area contributed by atoms with Gasteiger partial charge in [0, 0.05) is 18.3 Å². The van der Waals surface area contributed by atoms with E-state index in [4.69, 9.17) is 0 Å². The van der Waals surface area contributed by atoms with Crippen molar-refractivity contribution in [3.05, 3.63) is 49.5 Å². The Kier molecular flexibility index (Phi) is 3.64. The molecule has 3 heterocycles. The zero-order chi connectivity index (χ0) is 14.1. The third kappa shape index (κ3) is 2.79. The van der Waals surface area contributed by atoms with Crippen molar-refractivity contribution in [3.8, 4) is 0 Å². The second-order valence-electron chi connectivity index (χ2n) is 4.73. The van der Waals surface area contributed by atoms with Gasteiger partial charge in [0.1, 0.15) is 5.01 Å². The van der Waals surface area contributed by atoms with Gasteiger partial charge in [-0.05, 0) is 36.4 Å². The molecule has 0 aliphatic rings. The summed E-state index contributed by atoms with van der Waals surface area (Å²) in [4.78, 5) is 19.0. The van der Waals surface area contributed by atoms with Crippen molar-refractivity contribution < 1.29 is 0 Å². The molecular weight excluding hydrogens is 292 g/mol. The van der Waals surface area contributed by atoms with E-state index < -0.39 is 0 Å². The van der Waals surface area contributed by atoms with Gasteiger partial charge in [0.25, 0.3) is 5.56 Å². The van der Waals surface area contributed by atoms with Gasteiger partial charge >= 0.3 is 0 Å². The molecule has 0 saturated heterocycles. The Labute approximate surface area is 124 Å². The number of hydrogen-bond acceptors (Lipinski definition) is 6. The molecular formula is C13H14N4OS2. The zero-order valence-electron chi connectivity index (χ0n) is 11.2. The molecule has 5 nitrogen and oxygen atoms in total. The Balaban J connectivity index is 1.81. The van der Waals surface area contributed by atoms with Crippen LogP contribution < -0.4 is 5.56 Å². The average molecular weight is 306 g/mol. The highest BCUT2D eigenvalue weighted by molar-refractivity contribution is 7.16. The largest absolute Gasteiger partial charge is 0.295 e. The Morgan fingerprint density at radius 2 is 2.25 bits per heavy atom. The van der Waals surface area contributed by atoms with Crippen molar-refractivity contribution in [2.45, 2.75) is 20.0 Å². The van der Waals surface area contributed by atoms with E-state index >= 15 is 0 Å². The first-order chi connectivity index (χ1) is 9.61. The van der Waals surface area contributed by atoms with E-state index in [9.17, 15) is 4.79 Å². The molecule has 0 aromatic carbocycles. The van der Waals surface area contributed by atoms with Crippen LogP contribution >= 0.6 is 22.7 Å². The SMILES string of the molecule is Cc1cc(=O)n2nc(CN(C)Cc3ccsc3)sc2n1. The monoisotopic (exact) mass is 306 g/mol. The van der Waals surface area contributed by atoms with Crippen LogP contribution in [-0.4, -0.2) is 26.5 Å². The lowest BCUT2D eigenvalue weighted by Crippen LogP contribution is -2.18. The van der Waals surface area contributed by atoms with Gasteiger partial charge in [-0.15, -0.1) is 0 Å². The zero-order valence-corrected chi connectivity index (χ0v) is 12.9. The minimum absolute atomic E-state index is 0.115. The van der Waals surface area contributed by atoms with Crippen molar-refractivity contribution >= 4 is 27.6 Å². The molecule has 0 aliphatic heterocycles. The van der Waals surface area contributed by atoms with Crippen LogP contribution in [0.3, 0.4) is 0 Å². The molecule has 0 saturated carbocycles. The van der Waals surface area contributed by atoms with E-state index in [1.165, 1.54) is 27.5 Å². The van der Waals surface area contributed by atoms with Gasteiger partial charge in [-0.3, -0.25) is 9.69 Å². The van der Waals surface area contributed by atoms with Crippen LogP contribution in [0.5, 0.6) is 0 Å². The normalized spacial score (nSPS) is 11.6. The molecule has 104 valence electrons. The van der Waals surface area contributed by atoms with Crippen molar-refractivity contribution in [3.63, 3.8) is 0 Å². The minimum Gasteiger partial charge on any atom is -0.295 e. The van der Waals surface area contributed by atoms with Crippen LogP contribution in [0, 0.1) is 6.92 Å². The highest BCUT2D eigenvalue weighted by Crippen LogP contribution is 2.15. The summed E-state index contributed by atoms with van der Waals surface area (Å²) in [5, 5.41) is 9.46. The fourth-order valence-corrected chi connectivity index (χ4v) is 3.69. The molecule has 20 heavy (non-hydrogen) atoms. The molecule has 0 aliphatic carbocycles. The summed E-state index contributed by atoms with van der Waals surface area (Å²) in [7, 11) is 2.05. The first kappa shape index (κ1) is 13.4. The first-order valence-corrected chi connectivity index (χ1v) is 7.94. The highest BCUT2D eigenvalue weighted by atomic mass is 32.1. The van der Waals surface area contributed by atoms with Crippen LogP contribution in [0.4, 0.5) is 0 Å². The molecule has 0 spiro atoms. The van der Waals surface area contributed by atoms with E-state index in [0.717, 1.165) is 17.2 Å². The van der Waals surface area contributed by atoms with Crippen molar-refractivity contribution in [1.82, 2.24) is 19.5 Å². The summed E-state index contributed by atoms with van der Waals surface area (Å²) in [5.74, 6) is 0. The maximum absolute atomic E-state index is 11.8. The van der Waals surface area contributed by atoms with Gasteiger partial charge < -0.3 is 0 Å². The molecule has 0 N–H and O–H groups in total. The fourth-order valence-electron chi connectivity index (χ4n) is 2.01. The number of aromatic nitrogens is 3. The van der Waals surface area contributed by atoms with Crippen molar-refractivity contribution in [1.29, 1.82) is 0 Å². The molecule has 0 bridgehead atoms. The summed E-state index contributed by atoms with van der Waals surface area (Å²) >= 11 is 3.17. The van der Waals surface area contributed by atoms with Gasteiger partial charge in [-0.1, -0.05) is 11.3 Å². The Morgan fingerprint density at radius 1 is 1.40 bits per heavy atom. The van der Waals surface area contributed by atoms with E-state index in [-0.39, 0.29) is 5.56 Å². The van der Waals surface area contributed by atoms with Crippen LogP contribution in [0.2, 0.25) is 0 Å². The summed E-state index contributed by atoms with van der Waals surface area (Å²) < 4.78 is 1.38. The van der Waals surface area contributed by atoms with Crippen molar-refractivity contribution in [2.75, 3.05) is 7.05 Å². The van der Waals surface area contributed by atoms with Crippen LogP contribution in [0.1, 0.15) is 16.3 Å². The number of nitrogens with zero attached hydrogens (tertiary/aromatic N) is 4. The van der Waals surface area contributed by atoms with E-state index in [1.807, 2.05) is 14.0 Å². The van der Waals surface area contributed by atoms with Gasteiger partial charge in [-0.25, -0.2) is 4.98 Å². The number of hydrogen-bond donors (Lipinski definition) is 0. The Hall–Kier alpha value is -1.57. The van der Waals surface area contributed by atoms with E-state index in [2.05, 4.69) is 31.8 Å². The van der Waals surface area contributed by atoms with Gasteiger partial charge in [-0.2, -0.15) is 21.0 Å². The smallest absolute Gasteiger partial charge is 0.275 e. The second-order valence-corrected chi connectivity index (χ2v) is 6.55. The average Bonchev–Trinajstić information content (AvgIpc) is 2.98. The molecule has 0 atom stereocenters. The third-order valence-corrected chi connectivity index (χ3v) is 4.48. The van der Waals surface area contributed by atoms with E-state index in [1.54, 1.807) is 11.3 Å². The van der Waals surface area contributed by atoms with Crippen LogP contribution in [0.25, 0.3) is 4.96 Å². The fraction of sp³-hybridized carbons (Fsp3) is 0.308. The maximum atomic E-state index is 11.8. The van der Waals surface area contributed by atoms with Crippen LogP contribution in [-0.2, 0) is 13.1 Å². The Morgan fingerprint density at radius 3 is 3.00 bits per heavy atom. The maximum Gasteiger partial charge on any atom is 0.275 e. The second kappa shape index (κ2) is 5.43.